The summed E-state index contributed by atoms with van der Waals surface area (Å²) >= 11 is 0. The van der Waals surface area contributed by atoms with E-state index in [0.717, 1.165) is 16.9 Å². The predicted octanol–water partition coefficient (Wildman–Crippen LogP) is 3.32. The lowest BCUT2D eigenvalue weighted by molar-refractivity contribution is -0.125. The first-order valence-corrected chi connectivity index (χ1v) is 11.3. The lowest BCUT2D eigenvalue weighted by atomic mass is 10.1. The van der Waals surface area contributed by atoms with Crippen molar-refractivity contribution >= 4 is 11.7 Å². The molecule has 1 heterocycles. The Balaban J connectivity index is 1.45. The monoisotopic (exact) mass is 458 g/mol. The minimum atomic E-state index is -0.306. The summed E-state index contributed by atoms with van der Waals surface area (Å²) in [5.41, 5.74) is 8.39. The van der Waals surface area contributed by atoms with Gasteiger partial charge in [-0.25, -0.2) is 0 Å². The summed E-state index contributed by atoms with van der Waals surface area (Å²) < 4.78 is 11.4. The molecule has 1 aliphatic rings. The van der Waals surface area contributed by atoms with E-state index in [9.17, 15) is 4.79 Å². The number of hydrogen-bond acceptors (Lipinski definition) is 5. The van der Waals surface area contributed by atoms with Crippen molar-refractivity contribution in [3.63, 3.8) is 0 Å². The van der Waals surface area contributed by atoms with E-state index in [-0.39, 0.29) is 23.9 Å². The van der Waals surface area contributed by atoms with Crippen LogP contribution in [0.3, 0.4) is 0 Å². The lowest BCUT2D eigenvalue weighted by Crippen LogP contribution is -2.42. The second-order valence-electron chi connectivity index (χ2n) is 8.41. The molecule has 3 aromatic carbocycles. The quantitative estimate of drug-likeness (QED) is 0.337. The Labute approximate surface area is 200 Å². The highest BCUT2D eigenvalue weighted by Crippen LogP contribution is 2.26. The molecule has 3 aromatic rings. The number of hydrogen-bond donors (Lipinski definition) is 3. The van der Waals surface area contributed by atoms with Crippen molar-refractivity contribution in [3.8, 4) is 11.5 Å². The van der Waals surface area contributed by atoms with E-state index in [0.29, 0.717) is 37.4 Å². The van der Waals surface area contributed by atoms with E-state index < -0.39 is 0 Å². The molecule has 0 aliphatic carbocycles. The highest BCUT2D eigenvalue weighted by Gasteiger charge is 2.38. The van der Waals surface area contributed by atoms with Crippen molar-refractivity contribution in [2.24, 2.45) is 5.73 Å². The molecular weight excluding hydrogens is 428 g/mol. The van der Waals surface area contributed by atoms with Gasteiger partial charge in [-0.15, -0.1) is 0 Å². The van der Waals surface area contributed by atoms with Crippen LogP contribution < -0.4 is 20.5 Å². The second-order valence-corrected chi connectivity index (χ2v) is 8.41. The van der Waals surface area contributed by atoms with Crippen LogP contribution in [0.25, 0.3) is 0 Å². The van der Waals surface area contributed by atoms with Crippen molar-refractivity contribution in [3.05, 3.63) is 95.6 Å². The number of nitrogens with two attached hydrogens (primary N) is 1. The number of amidine groups is 1. The SMILES string of the molecule is COc1ccc(CNC(=O)C2CC(Oc3cccc(C(=N)N)c3)CN2Cc2ccccc2)cc1. The number of ether oxygens (including phenoxy) is 2. The van der Waals surface area contributed by atoms with Gasteiger partial charge in [-0.2, -0.15) is 0 Å². The first-order chi connectivity index (χ1) is 16.5. The Bertz CT molecular complexity index is 1120. The summed E-state index contributed by atoms with van der Waals surface area (Å²) in [6, 6.07) is 24.7. The van der Waals surface area contributed by atoms with Crippen molar-refractivity contribution < 1.29 is 14.3 Å². The average molecular weight is 459 g/mol. The van der Waals surface area contributed by atoms with Crippen LogP contribution in [-0.2, 0) is 17.9 Å². The number of methoxy groups -OCH3 is 1. The van der Waals surface area contributed by atoms with Gasteiger partial charge in [0.15, 0.2) is 0 Å². The molecule has 4 N–H and O–H groups in total. The fourth-order valence-corrected chi connectivity index (χ4v) is 4.19. The van der Waals surface area contributed by atoms with Crippen LogP contribution in [0.1, 0.15) is 23.1 Å². The molecule has 1 amide bonds. The van der Waals surface area contributed by atoms with E-state index in [4.69, 9.17) is 20.6 Å². The van der Waals surface area contributed by atoms with Gasteiger partial charge >= 0.3 is 0 Å². The van der Waals surface area contributed by atoms with Crippen LogP contribution in [-0.4, -0.2) is 42.4 Å². The number of amides is 1. The van der Waals surface area contributed by atoms with Crippen LogP contribution in [0.4, 0.5) is 0 Å². The zero-order valence-corrected chi connectivity index (χ0v) is 19.2. The van der Waals surface area contributed by atoms with Gasteiger partial charge in [-0.1, -0.05) is 54.6 Å². The highest BCUT2D eigenvalue weighted by molar-refractivity contribution is 5.95. The molecular formula is C27H30N4O3. The number of carbonyl (C=O) groups excluding carboxylic acids is 1. The largest absolute Gasteiger partial charge is 0.497 e. The first kappa shape index (κ1) is 23.3. The fraction of sp³-hybridized carbons (Fsp3) is 0.259. The summed E-state index contributed by atoms with van der Waals surface area (Å²) in [6.07, 6.45) is 0.425. The molecule has 0 saturated carbocycles. The van der Waals surface area contributed by atoms with Gasteiger partial charge < -0.3 is 20.5 Å². The number of nitrogen functional groups attached to an aromatic ring is 1. The first-order valence-electron chi connectivity index (χ1n) is 11.3. The average Bonchev–Trinajstić information content (AvgIpc) is 3.25. The minimum absolute atomic E-state index is 0.00152. The third kappa shape index (κ3) is 5.94. The summed E-state index contributed by atoms with van der Waals surface area (Å²) in [6.45, 7) is 1.74. The molecule has 1 fully saturated rings. The summed E-state index contributed by atoms with van der Waals surface area (Å²) in [5.74, 6) is 1.42. The second kappa shape index (κ2) is 10.9. The van der Waals surface area contributed by atoms with E-state index in [2.05, 4.69) is 22.3 Å². The zero-order chi connectivity index (χ0) is 23.9. The third-order valence-corrected chi connectivity index (χ3v) is 5.97. The third-order valence-electron chi connectivity index (χ3n) is 5.97. The molecule has 0 aromatic heterocycles. The van der Waals surface area contributed by atoms with E-state index in [1.165, 1.54) is 0 Å². The van der Waals surface area contributed by atoms with Crippen LogP contribution in [0, 0.1) is 5.41 Å². The van der Waals surface area contributed by atoms with Crippen molar-refractivity contribution in [2.45, 2.75) is 31.7 Å². The van der Waals surface area contributed by atoms with Crippen molar-refractivity contribution in [1.29, 1.82) is 5.41 Å². The van der Waals surface area contributed by atoms with Gasteiger partial charge in [0.25, 0.3) is 0 Å². The standard InChI is InChI=1S/C27H30N4O3/c1-33-22-12-10-19(11-13-22)16-30-27(32)25-15-24(18-31(25)17-20-6-3-2-4-7-20)34-23-9-5-8-21(14-23)26(28)29/h2-14,24-25H,15-18H2,1H3,(H3,28,29)(H,30,32). The molecule has 0 spiro atoms. The van der Waals surface area contributed by atoms with Gasteiger partial charge in [0.05, 0.1) is 13.2 Å². The van der Waals surface area contributed by atoms with Gasteiger partial charge in [0.1, 0.15) is 23.4 Å². The van der Waals surface area contributed by atoms with Crippen LogP contribution in [0.5, 0.6) is 11.5 Å². The van der Waals surface area contributed by atoms with Gasteiger partial charge in [0.2, 0.25) is 5.91 Å². The smallest absolute Gasteiger partial charge is 0.237 e. The molecule has 4 rings (SSSR count). The van der Waals surface area contributed by atoms with Gasteiger partial charge in [-0.3, -0.25) is 15.1 Å². The molecule has 176 valence electrons. The topological polar surface area (TPSA) is 101 Å². The number of nitrogens with one attached hydrogen (secondary N) is 2. The summed E-state index contributed by atoms with van der Waals surface area (Å²) in [4.78, 5) is 15.4. The maximum atomic E-state index is 13.2. The van der Waals surface area contributed by atoms with Crippen molar-refractivity contribution in [1.82, 2.24) is 10.2 Å². The van der Waals surface area contributed by atoms with Crippen LogP contribution >= 0.6 is 0 Å². The summed E-state index contributed by atoms with van der Waals surface area (Å²) in [5, 5.41) is 10.7. The molecule has 1 aliphatic heterocycles. The van der Waals surface area contributed by atoms with Gasteiger partial charge in [-0.05, 0) is 35.4 Å². The Morgan fingerprint density at radius 2 is 1.79 bits per heavy atom. The Morgan fingerprint density at radius 3 is 2.50 bits per heavy atom. The van der Waals surface area contributed by atoms with E-state index in [1.807, 2.05) is 54.6 Å². The zero-order valence-electron chi connectivity index (χ0n) is 19.2. The molecule has 7 heteroatoms. The maximum absolute atomic E-state index is 13.2. The fourth-order valence-electron chi connectivity index (χ4n) is 4.19. The number of likely N-dealkylation sites (tertiary alicyclic amines) is 1. The molecule has 34 heavy (non-hydrogen) atoms. The molecule has 2 unspecified atom stereocenters. The normalized spacial score (nSPS) is 17.8. The number of rotatable bonds is 9. The Morgan fingerprint density at radius 1 is 1.03 bits per heavy atom. The molecule has 2 atom stereocenters. The molecule has 0 radical (unpaired) electrons. The number of benzene rings is 3. The van der Waals surface area contributed by atoms with E-state index >= 15 is 0 Å². The predicted molar refractivity (Wildman–Crippen MR) is 132 cm³/mol. The van der Waals surface area contributed by atoms with Crippen LogP contribution in [0.2, 0.25) is 0 Å². The van der Waals surface area contributed by atoms with Crippen LogP contribution in [0.15, 0.2) is 78.9 Å². The minimum Gasteiger partial charge on any atom is -0.497 e. The number of carbonyl (C=O) groups is 1. The lowest BCUT2D eigenvalue weighted by Gasteiger charge is -2.23. The Hall–Kier alpha value is -3.84. The molecule has 1 saturated heterocycles. The maximum Gasteiger partial charge on any atom is 0.237 e. The van der Waals surface area contributed by atoms with Crippen molar-refractivity contribution in [2.75, 3.05) is 13.7 Å². The Kier molecular flexibility index (Phi) is 7.44. The van der Waals surface area contributed by atoms with E-state index in [1.54, 1.807) is 19.2 Å². The molecule has 0 bridgehead atoms. The molecule has 7 nitrogen and oxygen atoms in total. The van der Waals surface area contributed by atoms with Gasteiger partial charge in [0, 0.05) is 31.6 Å². The summed E-state index contributed by atoms with van der Waals surface area (Å²) in [7, 11) is 1.63. The highest BCUT2D eigenvalue weighted by atomic mass is 16.5. The number of nitrogens with zero attached hydrogens (tertiary/aromatic N) is 1.